The summed E-state index contributed by atoms with van der Waals surface area (Å²) in [7, 11) is 0. The van der Waals surface area contributed by atoms with E-state index in [-0.39, 0.29) is 12.3 Å². The Labute approximate surface area is 183 Å². The molecule has 154 valence electrons. The van der Waals surface area contributed by atoms with E-state index < -0.39 is 0 Å². The van der Waals surface area contributed by atoms with Crippen LogP contribution < -0.4 is 5.43 Å². The van der Waals surface area contributed by atoms with Gasteiger partial charge < -0.3 is 5.43 Å². The highest BCUT2D eigenvalue weighted by molar-refractivity contribution is 6.30. The van der Waals surface area contributed by atoms with E-state index in [1.807, 2.05) is 82.2 Å². The van der Waals surface area contributed by atoms with E-state index in [2.05, 4.69) is 31.1 Å². The van der Waals surface area contributed by atoms with Gasteiger partial charge in [-0.1, -0.05) is 46.3 Å². The van der Waals surface area contributed by atoms with Crippen LogP contribution in [0.15, 0.2) is 72.8 Å². The summed E-state index contributed by atoms with van der Waals surface area (Å²) in [6.45, 7) is 0. The Bertz CT molecular complexity index is 1280. The predicted octanol–water partition coefficient (Wildman–Crippen LogP) is 4.65. The van der Waals surface area contributed by atoms with Crippen LogP contribution in [0.5, 0.6) is 0 Å². The Morgan fingerprint density at radius 3 is 1.77 bits per heavy atom. The first-order valence-electron chi connectivity index (χ1n) is 10.2. The molecule has 2 aromatic heterocycles. The maximum atomic E-state index is 6.09. The van der Waals surface area contributed by atoms with Gasteiger partial charge in [-0.3, -0.25) is 0 Å². The molecule has 6 rings (SSSR count). The topological polar surface area (TPSA) is 76.7 Å². The summed E-state index contributed by atoms with van der Waals surface area (Å²) < 4.78 is 3.97. The van der Waals surface area contributed by atoms with Crippen LogP contribution in [0.1, 0.15) is 25.2 Å². The van der Waals surface area contributed by atoms with Gasteiger partial charge in [-0.15, -0.1) is 10.2 Å². The fraction of sp³-hybridized carbons (Fsp3) is 0.182. The van der Waals surface area contributed by atoms with Crippen molar-refractivity contribution in [3.8, 4) is 0 Å². The second kappa shape index (κ2) is 7.33. The van der Waals surface area contributed by atoms with Crippen LogP contribution in [0.4, 0.5) is 5.69 Å². The number of hydrogen-bond donors (Lipinski definition) is 1. The van der Waals surface area contributed by atoms with Crippen LogP contribution in [0.25, 0.3) is 22.1 Å². The summed E-state index contributed by atoms with van der Waals surface area (Å²) in [5, 5.41) is 20.6. The summed E-state index contributed by atoms with van der Waals surface area (Å²) in [6.07, 6.45) is 1.67. The molecule has 8 nitrogen and oxygen atoms in total. The highest BCUT2D eigenvalue weighted by Gasteiger charge is 2.38. The Kier molecular flexibility index (Phi) is 4.33. The van der Waals surface area contributed by atoms with Gasteiger partial charge in [0.1, 0.15) is 23.4 Å². The minimum atomic E-state index is -0.0453. The number of aromatic nitrogens is 6. The molecular formula is C22H19ClN8. The number of anilines is 1. The second-order valence-corrected chi connectivity index (χ2v) is 8.05. The Morgan fingerprint density at radius 1 is 0.710 bits per heavy atom. The number of hydrogen-bond acceptors (Lipinski definition) is 6. The lowest BCUT2D eigenvalue weighted by Crippen LogP contribution is -2.37. The lowest BCUT2D eigenvalue weighted by molar-refractivity contribution is 0.127. The van der Waals surface area contributed by atoms with Gasteiger partial charge in [0.05, 0.1) is 11.0 Å². The van der Waals surface area contributed by atoms with E-state index in [4.69, 9.17) is 11.6 Å². The third-order valence-electron chi connectivity index (χ3n) is 5.75. The van der Waals surface area contributed by atoms with E-state index in [0.717, 1.165) is 40.6 Å². The summed E-state index contributed by atoms with van der Waals surface area (Å²) >= 11 is 6.09. The van der Waals surface area contributed by atoms with Crippen LogP contribution in [0, 0.1) is 0 Å². The van der Waals surface area contributed by atoms with E-state index in [0.29, 0.717) is 5.02 Å². The fourth-order valence-electron chi connectivity index (χ4n) is 4.29. The molecule has 3 heterocycles. The van der Waals surface area contributed by atoms with E-state index in [1.165, 1.54) is 0 Å². The van der Waals surface area contributed by atoms with Crippen LogP contribution in [-0.2, 0) is 0 Å². The zero-order valence-electron chi connectivity index (χ0n) is 16.5. The van der Waals surface area contributed by atoms with Crippen molar-refractivity contribution >= 4 is 39.4 Å². The van der Waals surface area contributed by atoms with Crippen molar-refractivity contribution in [2.75, 3.05) is 5.43 Å². The minimum Gasteiger partial charge on any atom is -0.315 e. The molecule has 1 saturated heterocycles. The van der Waals surface area contributed by atoms with Gasteiger partial charge in [-0.25, -0.2) is 9.36 Å². The number of benzene rings is 3. The van der Waals surface area contributed by atoms with Crippen LogP contribution in [0.2, 0.25) is 5.02 Å². The molecule has 1 aliphatic rings. The van der Waals surface area contributed by atoms with Crippen molar-refractivity contribution in [1.29, 1.82) is 0 Å². The molecule has 2 atom stereocenters. The maximum absolute atomic E-state index is 6.09. The maximum Gasteiger partial charge on any atom is 0.126 e. The number of rotatable bonds is 4. The average Bonchev–Trinajstić information content (AvgIpc) is 3.51. The van der Waals surface area contributed by atoms with Crippen LogP contribution in [0.3, 0.4) is 0 Å². The molecule has 3 aromatic carbocycles. The molecule has 1 aliphatic heterocycles. The molecule has 1 fully saturated rings. The largest absolute Gasteiger partial charge is 0.315 e. The Balaban J connectivity index is 1.44. The van der Waals surface area contributed by atoms with Gasteiger partial charge in [0, 0.05) is 10.7 Å². The number of halogens is 1. The second-order valence-electron chi connectivity index (χ2n) is 7.61. The standard InChI is InChI=1S/C22H19ClN8/c23-15-9-11-16(12-10-15)26-31-21(29-19-7-3-1-5-17(19)24-27-29)13-14-22(31)30-20-8-4-2-6-18(20)25-28-30/h1-12,21-22,26H,13-14H2. The molecule has 9 heteroatoms. The quantitative estimate of drug-likeness (QED) is 0.447. The Hall–Kier alpha value is -3.49. The summed E-state index contributed by atoms with van der Waals surface area (Å²) in [5.74, 6) is 0. The molecule has 1 N–H and O–H groups in total. The molecule has 31 heavy (non-hydrogen) atoms. The molecular weight excluding hydrogens is 412 g/mol. The average molecular weight is 431 g/mol. The number of nitrogens with zero attached hydrogens (tertiary/aromatic N) is 7. The molecule has 0 saturated carbocycles. The highest BCUT2D eigenvalue weighted by atomic mass is 35.5. The van der Waals surface area contributed by atoms with Crippen molar-refractivity contribution in [2.45, 2.75) is 25.2 Å². The zero-order chi connectivity index (χ0) is 20.8. The number of nitrogens with one attached hydrogen (secondary N) is 1. The van der Waals surface area contributed by atoms with Gasteiger partial charge in [0.25, 0.3) is 0 Å². The molecule has 0 amide bonds. The molecule has 0 aliphatic carbocycles. The molecule has 0 bridgehead atoms. The number of hydrazine groups is 1. The normalized spacial score (nSPS) is 19.4. The summed E-state index contributed by atoms with van der Waals surface area (Å²) in [6, 6.07) is 23.7. The van der Waals surface area contributed by atoms with Gasteiger partial charge >= 0.3 is 0 Å². The predicted molar refractivity (Wildman–Crippen MR) is 119 cm³/mol. The van der Waals surface area contributed by atoms with Gasteiger partial charge in [-0.05, 0) is 61.4 Å². The lowest BCUT2D eigenvalue weighted by Gasteiger charge is -2.31. The smallest absolute Gasteiger partial charge is 0.126 e. The Morgan fingerprint density at radius 2 is 1.23 bits per heavy atom. The van der Waals surface area contributed by atoms with E-state index in [9.17, 15) is 0 Å². The van der Waals surface area contributed by atoms with Crippen molar-refractivity contribution < 1.29 is 0 Å². The van der Waals surface area contributed by atoms with Crippen molar-refractivity contribution in [1.82, 2.24) is 35.0 Å². The number of para-hydroxylation sites is 2. The SMILES string of the molecule is Clc1ccc(NN2C(n3nnc4ccccc43)CCC2n2nnc3ccccc32)cc1. The minimum absolute atomic E-state index is 0.0453. The fourth-order valence-corrected chi connectivity index (χ4v) is 4.42. The summed E-state index contributed by atoms with van der Waals surface area (Å²) in [5.41, 5.74) is 8.27. The van der Waals surface area contributed by atoms with Gasteiger partial charge in [0.2, 0.25) is 0 Å². The van der Waals surface area contributed by atoms with E-state index >= 15 is 0 Å². The van der Waals surface area contributed by atoms with Crippen molar-refractivity contribution in [2.24, 2.45) is 0 Å². The summed E-state index contributed by atoms with van der Waals surface area (Å²) in [4.78, 5) is 0. The first-order valence-corrected chi connectivity index (χ1v) is 10.6. The van der Waals surface area contributed by atoms with Crippen LogP contribution in [-0.4, -0.2) is 35.0 Å². The number of fused-ring (bicyclic) bond motifs is 2. The molecule has 0 spiro atoms. The lowest BCUT2D eigenvalue weighted by atomic mass is 10.2. The molecule has 2 unspecified atom stereocenters. The highest BCUT2D eigenvalue weighted by Crippen LogP contribution is 2.40. The monoisotopic (exact) mass is 430 g/mol. The van der Waals surface area contributed by atoms with Crippen molar-refractivity contribution in [3.05, 3.63) is 77.8 Å². The molecule has 5 aromatic rings. The van der Waals surface area contributed by atoms with Gasteiger partial charge in [-0.2, -0.15) is 5.01 Å². The van der Waals surface area contributed by atoms with Crippen molar-refractivity contribution in [3.63, 3.8) is 0 Å². The van der Waals surface area contributed by atoms with Crippen LogP contribution >= 0.6 is 11.6 Å². The van der Waals surface area contributed by atoms with E-state index in [1.54, 1.807) is 0 Å². The third-order valence-corrected chi connectivity index (χ3v) is 6.00. The first kappa shape index (κ1) is 18.3. The first-order chi connectivity index (χ1) is 15.3. The third kappa shape index (κ3) is 3.11. The zero-order valence-corrected chi connectivity index (χ0v) is 17.3. The molecule has 0 radical (unpaired) electrons. The van der Waals surface area contributed by atoms with Gasteiger partial charge in [0.15, 0.2) is 0 Å².